The fourth-order valence-electron chi connectivity index (χ4n) is 2.34. The van der Waals surface area contributed by atoms with Crippen LogP contribution in [0.1, 0.15) is 26.7 Å². The van der Waals surface area contributed by atoms with Gasteiger partial charge in [-0.2, -0.15) is 0 Å². The summed E-state index contributed by atoms with van der Waals surface area (Å²) < 4.78 is 2.17. The molecule has 3 rings (SSSR count). The fraction of sp³-hybridized carbons (Fsp3) is 0.615. The summed E-state index contributed by atoms with van der Waals surface area (Å²) in [7, 11) is 0. The van der Waals surface area contributed by atoms with Crippen LogP contribution in [0.25, 0.3) is 11.2 Å². The van der Waals surface area contributed by atoms with E-state index in [4.69, 9.17) is 0 Å². The maximum absolute atomic E-state index is 4.51. The summed E-state index contributed by atoms with van der Waals surface area (Å²) >= 11 is 0. The largest absolute Gasteiger partial charge is 0.355 e. The normalized spacial score (nSPS) is 15.2. The average Bonchev–Trinajstić information content (AvgIpc) is 3.12. The molecule has 5 heteroatoms. The number of nitrogens with zero attached hydrogens (tertiary/aromatic N) is 5. The standard InChI is InChI=1S/C13H19N5/c1-3-17(4-2)12-11-13(15-8-14-12)18(9-16-11)7-10-5-6-10/h8-10H,3-7H2,1-2H3. The quantitative estimate of drug-likeness (QED) is 0.809. The van der Waals surface area contributed by atoms with E-state index in [2.05, 4.69) is 38.3 Å². The fourth-order valence-corrected chi connectivity index (χ4v) is 2.34. The minimum atomic E-state index is 0.828. The van der Waals surface area contributed by atoms with Gasteiger partial charge in [0, 0.05) is 19.6 Å². The Balaban J connectivity index is 2.02. The number of imidazole rings is 1. The number of aromatic nitrogens is 4. The van der Waals surface area contributed by atoms with Gasteiger partial charge in [-0.3, -0.25) is 0 Å². The summed E-state index contributed by atoms with van der Waals surface area (Å²) in [5.41, 5.74) is 1.90. The van der Waals surface area contributed by atoms with E-state index in [-0.39, 0.29) is 0 Å². The zero-order valence-corrected chi connectivity index (χ0v) is 11.0. The number of rotatable bonds is 5. The second-order valence-electron chi connectivity index (χ2n) is 4.88. The van der Waals surface area contributed by atoms with Crippen LogP contribution in [0.5, 0.6) is 0 Å². The predicted molar refractivity (Wildman–Crippen MR) is 71.6 cm³/mol. The summed E-state index contributed by atoms with van der Waals surface area (Å²) in [4.78, 5) is 15.5. The van der Waals surface area contributed by atoms with Crippen LogP contribution in [-0.2, 0) is 6.54 Å². The molecule has 0 radical (unpaired) electrons. The highest BCUT2D eigenvalue weighted by atomic mass is 15.2. The third-order valence-electron chi connectivity index (χ3n) is 3.60. The molecule has 0 saturated heterocycles. The average molecular weight is 245 g/mol. The zero-order valence-electron chi connectivity index (χ0n) is 11.0. The third kappa shape index (κ3) is 1.94. The molecule has 0 aromatic carbocycles. The third-order valence-corrected chi connectivity index (χ3v) is 3.60. The van der Waals surface area contributed by atoms with E-state index < -0.39 is 0 Å². The molecule has 18 heavy (non-hydrogen) atoms. The molecule has 0 N–H and O–H groups in total. The van der Waals surface area contributed by atoms with Crippen molar-refractivity contribution >= 4 is 17.0 Å². The summed E-state index contributed by atoms with van der Waals surface area (Å²) in [6.07, 6.45) is 6.24. The molecular weight excluding hydrogens is 226 g/mol. The lowest BCUT2D eigenvalue weighted by Gasteiger charge is -2.19. The van der Waals surface area contributed by atoms with Crippen LogP contribution in [0.3, 0.4) is 0 Å². The summed E-state index contributed by atoms with van der Waals surface area (Å²) in [5, 5.41) is 0. The minimum Gasteiger partial charge on any atom is -0.355 e. The molecule has 96 valence electrons. The maximum atomic E-state index is 4.51. The Bertz CT molecular complexity index is 539. The Hall–Kier alpha value is -1.65. The topological polar surface area (TPSA) is 46.8 Å². The van der Waals surface area contributed by atoms with Crippen LogP contribution in [-0.4, -0.2) is 32.6 Å². The maximum Gasteiger partial charge on any atom is 0.165 e. The number of hydrogen-bond acceptors (Lipinski definition) is 4. The van der Waals surface area contributed by atoms with Gasteiger partial charge >= 0.3 is 0 Å². The first-order valence-electron chi connectivity index (χ1n) is 6.74. The molecule has 2 aromatic rings. The van der Waals surface area contributed by atoms with Crippen molar-refractivity contribution in [2.75, 3.05) is 18.0 Å². The highest BCUT2D eigenvalue weighted by Gasteiger charge is 2.23. The highest BCUT2D eigenvalue weighted by molar-refractivity contribution is 5.83. The van der Waals surface area contributed by atoms with E-state index >= 15 is 0 Å². The number of hydrogen-bond donors (Lipinski definition) is 0. The minimum absolute atomic E-state index is 0.828. The van der Waals surface area contributed by atoms with E-state index in [0.29, 0.717) is 0 Å². The first-order valence-corrected chi connectivity index (χ1v) is 6.74. The SMILES string of the molecule is CCN(CC)c1ncnc2c1ncn2CC1CC1. The molecular formula is C13H19N5. The molecule has 1 aliphatic rings. The van der Waals surface area contributed by atoms with Crippen molar-refractivity contribution < 1.29 is 0 Å². The molecule has 0 amide bonds. The van der Waals surface area contributed by atoms with Gasteiger partial charge in [-0.25, -0.2) is 15.0 Å². The lowest BCUT2D eigenvalue weighted by Crippen LogP contribution is -2.23. The summed E-state index contributed by atoms with van der Waals surface area (Å²) in [6, 6.07) is 0. The van der Waals surface area contributed by atoms with Crippen molar-refractivity contribution in [2.45, 2.75) is 33.2 Å². The smallest absolute Gasteiger partial charge is 0.165 e. The summed E-state index contributed by atoms with van der Waals surface area (Å²) in [6.45, 7) is 7.21. The van der Waals surface area contributed by atoms with Crippen LogP contribution in [0.2, 0.25) is 0 Å². The first kappa shape index (κ1) is 11.4. The lowest BCUT2D eigenvalue weighted by atomic mass is 10.4. The van der Waals surface area contributed by atoms with E-state index in [1.807, 2.05) is 6.33 Å². The Labute approximate surface area is 107 Å². The molecule has 0 aliphatic heterocycles. The molecule has 1 aliphatic carbocycles. The van der Waals surface area contributed by atoms with Crippen LogP contribution < -0.4 is 4.90 Å². The van der Waals surface area contributed by atoms with Crippen molar-refractivity contribution in [2.24, 2.45) is 5.92 Å². The molecule has 0 spiro atoms. The van der Waals surface area contributed by atoms with Gasteiger partial charge in [0.25, 0.3) is 0 Å². The molecule has 1 saturated carbocycles. The zero-order chi connectivity index (χ0) is 12.5. The highest BCUT2D eigenvalue weighted by Crippen LogP contribution is 2.32. The van der Waals surface area contributed by atoms with Crippen LogP contribution in [0.15, 0.2) is 12.7 Å². The Morgan fingerprint density at radius 3 is 2.67 bits per heavy atom. The number of fused-ring (bicyclic) bond motifs is 1. The van der Waals surface area contributed by atoms with Gasteiger partial charge in [0.2, 0.25) is 0 Å². The Morgan fingerprint density at radius 2 is 2.00 bits per heavy atom. The Morgan fingerprint density at radius 1 is 1.22 bits per heavy atom. The molecule has 0 atom stereocenters. The van der Waals surface area contributed by atoms with Crippen LogP contribution in [0.4, 0.5) is 5.82 Å². The molecule has 2 heterocycles. The van der Waals surface area contributed by atoms with E-state index in [0.717, 1.165) is 42.5 Å². The van der Waals surface area contributed by atoms with E-state index in [9.17, 15) is 0 Å². The van der Waals surface area contributed by atoms with Gasteiger partial charge < -0.3 is 9.47 Å². The van der Waals surface area contributed by atoms with Gasteiger partial charge in [0.05, 0.1) is 6.33 Å². The van der Waals surface area contributed by atoms with Crippen LogP contribution >= 0.6 is 0 Å². The molecule has 1 fully saturated rings. The molecule has 0 bridgehead atoms. The first-order chi connectivity index (χ1) is 8.83. The lowest BCUT2D eigenvalue weighted by molar-refractivity contribution is 0.638. The number of anilines is 1. The van der Waals surface area contributed by atoms with E-state index in [1.165, 1.54) is 12.8 Å². The summed E-state index contributed by atoms with van der Waals surface area (Å²) in [5.74, 6) is 1.79. The van der Waals surface area contributed by atoms with Crippen molar-refractivity contribution in [1.29, 1.82) is 0 Å². The van der Waals surface area contributed by atoms with Gasteiger partial charge in [-0.1, -0.05) is 0 Å². The second-order valence-corrected chi connectivity index (χ2v) is 4.88. The Kier molecular flexibility index (Phi) is 2.89. The van der Waals surface area contributed by atoms with Crippen molar-refractivity contribution in [3.05, 3.63) is 12.7 Å². The molecule has 0 unspecified atom stereocenters. The second kappa shape index (κ2) is 4.55. The monoisotopic (exact) mass is 245 g/mol. The van der Waals surface area contributed by atoms with Gasteiger partial charge in [-0.15, -0.1) is 0 Å². The van der Waals surface area contributed by atoms with Gasteiger partial charge in [-0.05, 0) is 32.6 Å². The van der Waals surface area contributed by atoms with Gasteiger partial charge in [0.1, 0.15) is 6.33 Å². The van der Waals surface area contributed by atoms with Gasteiger partial charge in [0.15, 0.2) is 17.0 Å². The van der Waals surface area contributed by atoms with E-state index in [1.54, 1.807) is 6.33 Å². The molecule has 2 aromatic heterocycles. The van der Waals surface area contributed by atoms with Crippen molar-refractivity contribution in [3.63, 3.8) is 0 Å². The van der Waals surface area contributed by atoms with Crippen molar-refractivity contribution in [1.82, 2.24) is 19.5 Å². The van der Waals surface area contributed by atoms with Crippen molar-refractivity contribution in [3.8, 4) is 0 Å². The molecule has 5 nitrogen and oxygen atoms in total. The van der Waals surface area contributed by atoms with Crippen LogP contribution in [0, 0.1) is 5.92 Å². The predicted octanol–water partition coefficient (Wildman–Crippen LogP) is 2.08.